The van der Waals surface area contributed by atoms with Gasteiger partial charge in [0.2, 0.25) is 11.7 Å². The van der Waals surface area contributed by atoms with Gasteiger partial charge in [-0.1, -0.05) is 13.8 Å². The average molecular weight is 283 g/mol. The molecular formula is C13H18FN3O3. The molecule has 0 radical (unpaired) electrons. The topological polar surface area (TPSA) is 98.3 Å². The third-order valence-corrected chi connectivity index (χ3v) is 3.63. The largest absolute Gasteiger partial charge is 0.329 e. The van der Waals surface area contributed by atoms with Crippen molar-refractivity contribution >= 4 is 17.3 Å². The van der Waals surface area contributed by atoms with Gasteiger partial charge in [0.05, 0.1) is 10.3 Å². The van der Waals surface area contributed by atoms with E-state index in [0.717, 1.165) is 12.1 Å². The first-order valence-corrected chi connectivity index (χ1v) is 6.35. The lowest BCUT2D eigenvalue weighted by molar-refractivity contribution is -0.387. The Labute approximate surface area is 116 Å². The van der Waals surface area contributed by atoms with E-state index in [0.29, 0.717) is 12.8 Å². The Morgan fingerprint density at radius 3 is 2.45 bits per heavy atom. The predicted molar refractivity (Wildman–Crippen MR) is 73.8 cm³/mol. The van der Waals surface area contributed by atoms with Gasteiger partial charge in [0.1, 0.15) is 0 Å². The second-order valence-corrected chi connectivity index (χ2v) is 4.57. The molecule has 0 saturated carbocycles. The Kier molecular flexibility index (Phi) is 5.15. The molecule has 1 rings (SSSR count). The number of nitrogens with one attached hydrogen (secondary N) is 1. The highest BCUT2D eigenvalue weighted by molar-refractivity contribution is 5.95. The number of hydrogen-bond donors (Lipinski definition) is 2. The fourth-order valence-corrected chi connectivity index (χ4v) is 1.95. The van der Waals surface area contributed by atoms with E-state index in [1.165, 1.54) is 6.07 Å². The Hall–Kier alpha value is -2.02. The SMILES string of the molecule is CCC(CC)(CN)C(=O)Nc1ccc([N+](=O)[O-])c(F)c1. The molecule has 1 aromatic carbocycles. The molecule has 20 heavy (non-hydrogen) atoms. The highest BCUT2D eigenvalue weighted by Gasteiger charge is 2.33. The third kappa shape index (κ3) is 3.11. The molecule has 0 aromatic heterocycles. The summed E-state index contributed by atoms with van der Waals surface area (Å²) in [5.74, 6) is -1.29. The lowest BCUT2D eigenvalue weighted by Crippen LogP contribution is -2.41. The van der Waals surface area contributed by atoms with Crippen LogP contribution in [0.1, 0.15) is 26.7 Å². The molecular weight excluding hydrogens is 265 g/mol. The molecule has 0 saturated heterocycles. The van der Waals surface area contributed by atoms with Crippen LogP contribution in [0.25, 0.3) is 0 Å². The lowest BCUT2D eigenvalue weighted by Gasteiger charge is -2.28. The molecule has 6 nitrogen and oxygen atoms in total. The van der Waals surface area contributed by atoms with Crippen LogP contribution in [0.2, 0.25) is 0 Å². The van der Waals surface area contributed by atoms with E-state index in [1.54, 1.807) is 0 Å². The van der Waals surface area contributed by atoms with Gasteiger partial charge in [0, 0.05) is 24.4 Å². The van der Waals surface area contributed by atoms with Gasteiger partial charge in [-0.2, -0.15) is 4.39 Å². The number of amides is 1. The van der Waals surface area contributed by atoms with Crippen LogP contribution >= 0.6 is 0 Å². The molecule has 110 valence electrons. The summed E-state index contributed by atoms with van der Waals surface area (Å²) in [5, 5.41) is 13.1. The van der Waals surface area contributed by atoms with Gasteiger partial charge < -0.3 is 11.1 Å². The number of hydrogen-bond acceptors (Lipinski definition) is 4. The minimum absolute atomic E-state index is 0.179. The first-order chi connectivity index (χ1) is 9.40. The first kappa shape index (κ1) is 16.0. The molecule has 0 aliphatic heterocycles. The maximum absolute atomic E-state index is 13.5. The summed E-state index contributed by atoms with van der Waals surface area (Å²) in [6, 6.07) is 3.25. The molecule has 7 heteroatoms. The average Bonchev–Trinajstić information content (AvgIpc) is 2.41. The Balaban J connectivity index is 2.96. The van der Waals surface area contributed by atoms with Gasteiger partial charge >= 0.3 is 5.69 Å². The second kappa shape index (κ2) is 6.42. The monoisotopic (exact) mass is 283 g/mol. The molecule has 1 aromatic rings. The minimum Gasteiger partial charge on any atom is -0.329 e. The van der Waals surface area contributed by atoms with Crippen LogP contribution in [0.15, 0.2) is 18.2 Å². The molecule has 0 heterocycles. The number of nitro benzene ring substituents is 1. The van der Waals surface area contributed by atoms with E-state index in [1.807, 2.05) is 13.8 Å². The zero-order chi connectivity index (χ0) is 15.3. The van der Waals surface area contributed by atoms with Gasteiger partial charge in [-0.25, -0.2) is 0 Å². The molecule has 0 aliphatic rings. The number of anilines is 1. The van der Waals surface area contributed by atoms with Gasteiger partial charge in [0.25, 0.3) is 0 Å². The number of nitrogens with two attached hydrogens (primary N) is 1. The maximum atomic E-state index is 13.5. The lowest BCUT2D eigenvalue weighted by atomic mass is 9.81. The molecule has 0 unspecified atom stereocenters. The van der Waals surface area contributed by atoms with Gasteiger partial charge in [0.15, 0.2) is 0 Å². The van der Waals surface area contributed by atoms with Crippen LogP contribution in [-0.2, 0) is 4.79 Å². The van der Waals surface area contributed by atoms with Crippen molar-refractivity contribution in [2.24, 2.45) is 11.1 Å². The van der Waals surface area contributed by atoms with Crippen molar-refractivity contribution in [1.82, 2.24) is 0 Å². The molecule has 1 amide bonds. The summed E-state index contributed by atoms with van der Waals surface area (Å²) in [4.78, 5) is 21.9. The number of carbonyl (C=O) groups excluding carboxylic acids is 1. The number of carbonyl (C=O) groups is 1. The van der Waals surface area contributed by atoms with E-state index in [9.17, 15) is 19.3 Å². The Morgan fingerprint density at radius 1 is 1.45 bits per heavy atom. The number of rotatable bonds is 6. The van der Waals surface area contributed by atoms with Crippen LogP contribution in [0.5, 0.6) is 0 Å². The van der Waals surface area contributed by atoms with Crippen molar-refractivity contribution in [2.75, 3.05) is 11.9 Å². The second-order valence-electron chi connectivity index (χ2n) is 4.57. The zero-order valence-corrected chi connectivity index (χ0v) is 11.5. The molecule has 0 fully saturated rings. The summed E-state index contributed by atoms with van der Waals surface area (Å²) in [5.41, 5.74) is 4.50. The standard InChI is InChI=1S/C13H18FN3O3/c1-3-13(4-2,8-15)12(18)16-9-5-6-11(17(19)20)10(14)7-9/h5-7H,3-4,8,15H2,1-2H3,(H,16,18). The Morgan fingerprint density at radius 2 is 2.05 bits per heavy atom. The van der Waals surface area contributed by atoms with Gasteiger partial charge in [-0.15, -0.1) is 0 Å². The van der Waals surface area contributed by atoms with E-state index in [2.05, 4.69) is 5.32 Å². The smallest absolute Gasteiger partial charge is 0.304 e. The molecule has 0 bridgehead atoms. The summed E-state index contributed by atoms with van der Waals surface area (Å²) >= 11 is 0. The molecule has 0 aliphatic carbocycles. The summed E-state index contributed by atoms with van der Waals surface area (Å²) in [6.45, 7) is 3.89. The fraction of sp³-hybridized carbons (Fsp3) is 0.462. The minimum atomic E-state index is -0.987. The number of nitro groups is 1. The fourth-order valence-electron chi connectivity index (χ4n) is 1.95. The van der Waals surface area contributed by atoms with E-state index >= 15 is 0 Å². The third-order valence-electron chi connectivity index (χ3n) is 3.63. The highest BCUT2D eigenvalue weighted by Crippen LogP contribution is 2.28. The van der Waals surface area contributed by atoms with Crippen molar-refractivity contribution in [1.29, 1.82) is 0 Å². The quantitative estimate of drug-likeness (QED) is 0.618. The zero-order valence-electron chi connectivity index (χ0n) is 11.5. The van der Waals surface area contributed by atoms with Gasteiger partial charge in [-0.05, 0) is 18.9 Å². The van der Waals surface area contributed by atoms with E-state index in [-0.39, 0.29) is 18.1 Å². The Bertz CT molecular complexity index is 507. The normalized spacial score (nSPS) is 11.2. The predicted octanol–water partition coefficient (Wildman–Crippen LogP) is 2.44. The van der Waals surface area contributed by atoms with Crippen LogP contribution in [0, 0.1) is 21.3 Å². The number of nitrogens with zero attached hydrogens (tertiary/aromatic N) is 1. The van der Waals surface area contributed by atoms with Gasteiger partial charge in [-0.3, -0.25) is 14.9 Å². The number of benzene rings is 1. The summed E-state index contributed by atoms with van der Waals surface area (Å²) < 4.78 is 13.5. The van der Waals surface area contributed by atoms with Crippen LogP contribution in [0.3, 0.4) is 0 Å². The van der Waals surface area contributed by atoms with Crippen molar-refractivity contribution in [2.45, 2.75) is 26.7 Å². The van der Waals surface area contributed by atoms with Crippen molar-refractivity contribution in [3.05, 3.63) is 34.1 Å². The molecule has 3 N–H and O–H groups in total. The van der Waals surface area contributed by atoms with Crippen LogP contribution < -0.4 is 11.1 Å². The molecule has 0 spiro atoms. The van der Waals surface area contributed by atoms with Crippen LogP contribution in [-0.4, -0.2) is 17.4 Å². The number of halogens is 1. The summed E-state index contributed by atoms with van der Waals surface area (Å²) in [7, 11) is 0. The van der Waals surface area contributed by atoms with Crippen molar-refractivity contribution in [3.8, 4) is 0 Å². The van der Waals surface area contributed by atoms with E-state index < -0.39 is 21.8 Å². The maximum Gasteiger partial charge on any atom is 0.304 e. The van der Waals surface area contributed by atoms with Crippen molar-refractivity contribution in [3.63, 3.8) is 0 Å². The van der Waals surface area contributed by atoms with Crippen LogP contribution in [0.4, 0.5) is 15.8 Å². The van der Waals surface area contributed by atoms with Crippen molar-refractivity contribution < 1.29 is 14.1 Å². The highest BCUT2D eigenvalue weighted by atomic mass is 19.1. The van der Waals surface area contributed by atoms with E-state index in [4.69, 9.17) is 5.73 Å². The summed E-state index contributed by atoms with van der Waals surface area (Å²) in [6.07, 6.45) is 1.11. The molecule has 0 atom stereocenters. The first-order valence-electron chi connectivity index (χ1n) is 6.35.